The molecule has 0 aliphatic rings. The molecule has 0 aliphatic carbocycles. The Kier molecular flexibility index (Phi) is 9.78. The Morgan fingerprint density at radius 3 is 2.11 bits per heavy atom. The molecule has 146 valence electrons. The molecule has 0 bridgehead atoms. The van der Waals surface area contributed by atoms with Crippen LogP contribution in [0.25, 0.3) is 0 Å². The van der Waals surface area contributed by atoms with Crippen molar-refractivity contribution in [1.29, 1.82) is 0 Å². The molecule has 1 unspecified atom stereocenters. The zero-order valence-electron chi connectivity index (χ0n) is 14.2. The van der Waals surface area contributed by atoms with E-state index in [-0.39, 0.29) is 15.8 Å². The quantitative estimate of drug-likeness (QED) is 0.592. The van der Waals surface area contributed by atoms with Gasteiger partial charge in [0.2, 0.25) is 0 Å². The third-order valence-corrected chi connectivity index (χ3v) is 4.01. The molecule has 2 rings (SSSR count). The highest BCUT2D eigenvalue weighted by atomic mass is 35.5. The van der Waals surface area contributed by atoms with Crippen LogP contribution in [0.15, 0.2) is 42.5 Å². The van der Waals surface area contributed by atoms with Crippen LogP contribution in [-0.2, 0) is 9.59 Å². The maximum absolute atomic E-state index is 10.6. The zero-order chi connectivity index (χ0) is 20.4. The predicted octanol–water partition coefficient (Wildman–Crippen LogP) is 5.04. The number of rotatable bonds is 7. The minimum atomic E-state index is -1.09. The molecule has 2 aromatic rings. The molecule has 2 N–H and O–H groups in total. The van der Waals surface area contributed by atoms with Crippen molar-refractivity contribution in [2.45, 2.75) is 19.4 Å². The van der Waals surface area contributed by atoms with Gasteiger partial charge in [0.1, 0.15) is 11.5 Å². The maximum atomic E-state index is 10.6. The van der Waals surface area contributed by atoms with E-state index in [0.717, 1.165) is 0 Å². The fraction of sp³-hybridized carbons (Fsp3) is 0.222. The van der Waals surface area contributed by atoms with Crippen molar-refractivity contribution in [3.8, 4) is 11.5 Å². The summed E-state index contributed by atoms with van der Waals surface area (Å²) in [6.07, 6.45) is -0.285. The maximum Gasteiger partial charge on any atom is 0.344 e. The van der Waals surface area contributed by atoms with Crippen LogP contribution in [0.3, 0.4) is 0 Å². The minimum absolute atomic E-state index is 0.198. The lowest BCUT2D eigenvalue weighted by Gasteiger charge is -2.12. The van der Waals surface area contributed by atoms with Crippen LogP contribution in [0.4, 0.5) is 0 Å². The van der Waals surface area contributed by atoms with Crippen molar-refractivity contribution >= 4 is 46.7 Å². The Bertz CT molecular complexity index is 767. The molecule has 0 aromatic heterocycles. The van der Waals surface area contributed by atoms with Gasteiger partial charge in [0.15, 0.2) is 12.7 Å². The Morgan fingerprint density at radius 2 is 1.59 bits per heavy atom. The second kappa shape index (κ2) is 11.5. The Balaban J connectivity index is 0.000000271. The van der Waals surface area contributed by atoms with Gasteiger partial charge in [-0.05, 0) is 24.6 Å². The van der Waals surface area contributed by atoms with E-state index >= 15 is 0 Å². The van der Waals surface area contributed by atoms with Gasteiger partial charge in [-0.2, -0.15) is 0 Å². The fourth-order valence-corrected chi connectivity index (χ4v) is 2.32. The van der Waals surface area contributed by atoms with Crippen molar-refractivity contribution in [3.63, 3.8) is 0 Å². The second-order valence-corrected chi connectivity index (χ2v) is 6.27. The molecule has 2 aromatic carbocycles. The number of ether oxygens (including phenoxy) is 2. The van der Waals surface area contributed by atoms with Crippen molar-refractivity contribution in [2.75, 3.05) is 6.61 Å². The van der Waals surface area contributed by atoms with Gasteiger partial charge in [-0.1, -0.05) is 59.9 Å². The van der Waals surface area contributed by atoms with Crippen molar-refractivity contribution in [2.24, 2.45) is 0 Å². The number of carbonyl (C=O) groups is 2. The molecular weight excluding hydrogens is 419 g/mol. The highest BCUT2D eigenvalue weighted by Gasteiger charge is 2.16. The molecular formula is C18H17Cl3O6. The van der Waals surface area contributed by atoms with Gasteiger partial charge in [-0.25, -0.2) is 9.59 Å². The third-order valence-electron chi connectivity index (χ3n) is 2.99. The molecule has 0 amide bonds. The lowest BCUT2D eigenvalue weighted by Crippen LogP contribution is -2.25. The van der Waals surface area contributed by atoms with Crippen molar-refractivity contribution in [1.82, 2.24) is 0 Å². The number of benzene rings is 2. The summed E-state index contributed by atoms with van der Waals surface area (Å²) in [4.78, 5) is 20.8. The number of carboxylic acid groups (broad SMARTS) is 2. The van der Waals surface area contributed by atoms with E-state index in [1.807, 2.05) is 18.2 Å². The van der Waals surface area contributed by atoms with Crippen molar-refractivity contribution in [3.05, 3.63) is 57.5 Å². The average molecular weight is 436 g/mol. The molecule has 0 spiro atoms. The van der Waals surface area contributed by atoms with E-state index in [1.54, 1.807) is 19.1 Å². The highest BCUT2D eigenvalue weighted by Crippen LogP contribution is 2.33. The monoisotopic (exact) mass is 434 g/mol. The Morgan fingerprint density at radius 1 is 1.00 bits per heavy atom. The molecule has 0 saturated heterocycles. The number of hydrogen-bond donors (Lipinski definition) is 2. The molecule has 0 saturated carbocycles. The van der Waals surface area contributed by atoms with Gasteiger partial charge in [0, 0.05) is 6.07 Å². The summed E-state index contributed by atoms with van der Waals surface area (Å²) in [7, 11) is 0. The zero-order valence-corrected chi connectivity index (χ0v) is 16.5. The molecule has 0 radical (unpaired) electrons. The number of para-hydroxylation sites is 1. The van der Waals surface area contributed by atoms with Gasteiger partial charge < -0.3 is 19.7 Å². The lowest BCUT2D eigenvalue weighted by molar-refractivity contribution is -0.145. The highest BCUT2D eigenvalue weighted by molar-refractivity contribution is 6.43. The Labute approximate surface area is 171 Å². The molecule has 27 heavy (non-hydrogen) atoms. The number of halogens is 3. The van der Waals surface area contributed by atoms with E-state index in [1.165, 1.54) is 12.1 Å². The summed E-state index contributed by atoms with van der Waals surface area (Å²) in [5.41, 5.74) is 0. The number of carboxylic acids is 2. The largest absolute Gasteiger partial charge is 0.480 e. The first kappa shape index (κ1) is 22.9. The first-order valence-corrected chi connectivity index (χ1v) is 8.81. The Hall–Kier alpha value is -2.15. The van der Waals surface area contributed by atoms with E-state index in [9.17, 15) is 9.59 Å². The smallest absolute Gasteiger partial charge is 0.344 e. The third kappa shape index (κ3) is 8.39. The molecule has 1 atom stereocenters. The standard InChI is InChI=1S/C10H12O3.C8H5Cl3O3/c1-2-9(10(11)12)13-8-6-4-3-5-7-8;9-4-1-6(11)7(2-5(4)10)14-3-8(12)13/h3-7,9H,2H2,1H3,(H,11,12);1-2H,3H2,(H,12,13). The number of hydrogen-bond acceptors (Lipinski definition) is 4. The summed E-state index contributed by atoms with van der Waals surface area (Å²) in [6.45, 7) is 1.30. The SMILES string of the molecule is CCC(Oc1ccccc1)C(=O)O.O=C(O)COc1cc(Cl)c(Cl)cc1Cl. The van der Waals surface area contributed by atoms with Gasteiger partial charge >= 0.3 is 11.9 Å². The van der Waals surface area contributed by atoms with Crippen LogP contribution in [0.1, 0.15) is 13.3 Å². The minimum Gasteiger partial charge on any atom is -0.480 e. The molecule has 0 heterocycles. The molecule has 0 fully saturated rings. The van der Waals surface area contributed by atoms with Crippen molar-refractivity contribution < 1.29 is 29.3 Å². The van der Waals surface area contributed by atoms with Gasteiger partial charge in [-0.3, -0.25) is 0 Å². The van der Waals surface area contributed by atoms with Crippen LogP contribution in [0, 0.1) is 0 Å². The summed E-state index contributed by atoms with van der Waals surface area (Å²) in [6, 6.07) is 11.7. The first-order valence-electron chi connectivity index (χ1n) is 7.68. The predicted molar refractivity (Wildman–Crippen MR) is 103 cm³/mol. The van der Waals surface area contributed by atoms with Gasteiger partial charge in [0.05, 0.1) is 15.1 Å². The van der Waals surface area contributed by atoms with Gasteiger partial charge in [-0.15, -0.1) is 0 Å². The van der Waals surface area contributed by atoms with Crippen LogP contribution in [0.5, 0.6) is 11.5 Å². The van der Waals surface area contributed by atoms with E-state index in [2.05, 4.69) is 0 Å². The van der Waals surface area contributed by atoms with E-state index < -0.39 is 24.6 Å². The topological polar surface area (TPSA) is 93.1 Å². The van der Waals surface area contributed by atoms with E-state index in [0.29, 0.717) is 17.2 Å². The van der Waals surface area contributed by atoms with Crippen LogP contribution < -0.4 is 9.47 Å². The number of aliphatic carboxylic acids is 2. The summed E-state index contributed by atoms with van der Waals surface area (Å²) in [5, 5.41) is 17.8. The van der Waals surface area contributed by atoms with Gasteiger partial charge in [0.25, 0.3) is 0 Å². The van der Waals surface area contributed by atoms with Crippen LogP contribution >= 0.6 is 34.8 Å². The average Bonchev–Trinajstić information content (AvgIpc) is 2.62. The van der Waals surface area contributed by atoms with Crippen LogP contribution in [-0.4, -0.2) is 34.9 Å². The van der Waals surface area contributed by atoms with E-state index in [4.69, 9.17) is 54.5 Å². The fourth-order valence-electron chi connectivity index (χ4n) is 1.73. The molecule has 9 heteroatoms. The lowest BCUT2D eigenvalue weighted by atomic mass is 10.3. The summed E-state index contributed by atoms with van der Waals surface area (Å²) in [5.74, 6) is -1.22. The summed E-state index contributed by atoms with van der Waals surface area (Å²) >= 11 is 17.1. The van der Waals surface area contributed by atoms with Crippen LogP contribution in [0.2, 0.25) is 15.1 Å². The summed E-state index contributed by atoms with van der Waals surface area (Å²) < 4.78 is 10.1. The molecule has 6 nitrogen and oxygen atoms in total. The normalized spacial score (nSPS) is 11.0. The first-order chi connectivity index (χ1) is 12.7. The second-order valence-electron chi connectivity index (χ2n) is 5.05. The molecule has 0 aliphatic heterocycles.